The van der Waals surface area contributed by atoms with Gasteiger partial charge in [-0.3, -0.25) is 4.79 Å². The number of carbonyl (C=O) groups excluding carboxylic acids is 2. The van der Waals surface area contributed by atoms with Gasteiger partial charge in [0.25, 0.3) is 5.91 Å². The minimum absolute atomic E-state index is 0.0830. The Labute approximate surface area is 124 Å². The molecule has 0 spiro atoms. The Balaban J connectivity index is 1.82. The highest BCUT2D eigenvalue weighted by Gasteiger charge is 2.22. The molecule has 1 aliphatic carbocycles. The number of phenolic OH excluding ortho intramolecular Hbond substituents is 1. The maximum atomic E-state index is 12.0. The van der Waals surface area contributed by atoms with Crippen LogP contribution in [0.2, 0.25) is 0 Å². The molecule has 114 valence electrons. The van der Waals surface area contributed by atoms with E-state index in [1.54, 1.807) is 11.9 Å². The first-order valence-corrected chi connectivity index (χ1v) is 7.30. The second-order valence-corrected chi connectivity index (χ2v) is 5.42. The third kappa shape index (κ3) is 4.21. The maximum Gasteiger partial charge on any atom is 0.338 e. The predicted molar refractivity (Wildman–Crippen MR) is 78.0 cm³/mol. The van der Waals surface area contributed by atoms with E-state index >= 15 is 0 Å². The molecule has 0 unspecified atom stereocenters. The minimum atomic E-state index is -0.555. The van der Waals surface area contributed by atoms with Crippen LogP contribution in [-0.4, -0.2) is 41.6 Å². The second-order valence-electron chi connectivity index (χ2n) is 5.42. The Bertz CT molecular complexity index is 492. The molecule has 21 heavy (non-hydrogen) atoms. The Hall–Kier alpha value is -2.04. The predicted octanol–water partition coefficient (Wildman–Crippen LogP) is 2.34. The summed E-state index contributed by atoms with van der Waals surface area (Å²) in [6.07, 6.45) is 5.57. The fourth-order valence-electron chi connectivity index (χ4n) is 2.58. The zero-order valence-electron chi connectivity index (χ0n) is 12.2. The fraction of sp³-hybridized carbons (Fsp3) is 0.500. The molecule has 1 fully saturated rings. The highest BCUT2D eigenvalue weighted by atomic mass is 16.5. The number of rotatable bonds is 4. The van der Waals surface area contributed by atoms with Crippen molar-refractivity contribution in [2.75, 3.05) is 13.7 Å². The Morgan fingerprint density at radius 2 is 1.81 bits per heavy atom. The molecule has 1 aromatic rings. The number of amides is 1. The third-order valence-corrected chi connectivity index (χ3v) is 3.95. The SMILES string of the molecule is CN(C(=O)COC(=O)c1ccc(O)cc1)C1CCCCC1. The van der Waals surface area contributed by atoms with Crippen molar-refractivity contribution < 1.29 is 19.4 Å². The zero-order valence-corrected chi connectivity index (χ0v) is 12.2. The first-order chi connectivity index (χ1) is 10.1. The van der Waals surface area contributed by atoms with Crippen molar-refractivity contribution in [2.45, 2.75) is 38.1 Å². The first kappa shape index (κ1) is 15.4. The minimum Gasteiger partial charge on any atom is -0.508 e. The van der Waals surface area contributed by atoms with Crippen LogP contribution in [0.5, 0.6) is 5.75 Å². The smallest absolute Gasteiger partial charge is 0.338 e. The average molecular weight is 291 g/mol. The standard InChI is InChI=1S/C16H21NO4/c1-17(13-5-3-2-4-6-13)15(19)11-21-16(20)12-7-9-14(18)10-8-12/h7-10,13,18H,2-6,11H2,1H3. The van der Waals surface area contributed by atoms with Crippen LogP contribution in [0.3, 0.4) is 0 Å². The van der Waals surface area contributed by atoms with Crippen molar-refractivity contribution in [3.8, 4) is 5.75 Å². The lowest BCUT2D eigenvalue weighted by Crippen LogP contribution is -2.40. The van der Waals surface area contributed by atoms with Crippen molar-refractivity contribution in [3.63, 3.8) is 0 Å². The van der Waals surface area contributed by atoms with Crippen LogP contribution in [0, 0.1) is 0 Å². The lowest BCUT2D eigenvalue weighted by molar-refractivity contribution is -0.135. The summed E-state index contributed by atoms with van der Waals surface area (Å²) in [5.41, 5.74) is 0.320. The lowest BCUT2D eigenvalue weighted by Gasteiger charge is -2.31. The third-order valence-electron chi connectivity index (χ3n) is 3.95. The monoisotopic (exact) mass is 291 g/mol. The highest BCUT2D eigenvalue weighted by Crippen LogP contribution is 2.21. The van der Waals surface area contributed by atoms with Crippen LogP contribution >= 0.6 is 0 Å². The number of hydrogen-bond donors (Lipinski definition) is 1. The summed E-state index contributed by atoms with van der Waals surface area (Å²) < 4.78 is 5.03. The summed E-state index contributed by atoms with van der Waals surface area (Å²) >= 11 is 0. The molecule has 1 saturated carbocycles. The molecule has 0 saturated heterocycles. The highest BCUT2D eigenvalue weighted by molar-refractivity contribution is 5.91. The van der Waals surface area contributed by atoms with Crippen LogP contribution in [0.15, 0.2) is 24.3 Å². The summed E-state index contributed by atoms with van der Waals surface area (Å²) in [6, 6.07) is 6.01. The number of likely N-dealkylation sites (N-methyl/N-ethyl adjacent to an activating group) is 1. The summed E-state index contributed by atoms with van der Waals surface area (Å²) in [6.45, 7) is -0.243. The van der Waals surface area contributed by atoms with Crippen molar-refractivity contribution >= 4 is 11.9 Å². The largest absolute Gasteiger partial charge is 0.508 e. The van der Waals surface area contributed by atoms with Gasteiger partial charge in [0.1, 0.15) is 5.75 Å². The quantitative estimate of drug-likeness (QED) is 0.865. The molecule has 0 atom stereocenters. The van der Waals surface area contributed by atoms with Crippen molar-refractivity contribution in [3.05, 3.63) is 29.8 Å². The van der Waals surface area contributed by atoms with Crippen molar-refractivity contribution in [2.24, 2.45) is 0 Å². The molecule has 1 aliphatic rings. The van der Waals surface area contributed by atoms with Gasteiger partial charge in [0.2, 0.25) is 0 Å². The van der Waals surface area contributed by atoms with E-state index in [2.05, 4.69) is 0 Å². The fourth-order valence-corrected chi connectivity index (χ4v) is 2.58. The van der Waals surface area contributed by atoms with Gasteiger partial charge in [0.15, 0.2) is 6.61 Å². The summed E-state index contributed by atoms with van der Waals surface area (Å²) in [7, 11) is 1.77. The average Bonchev–Trinajstić information content (AvgIpc) is 2.53. The Morgan fingerprint density at radius 3 is 2.43 bits per heavy atom. The number of carbonyl (C=O) groups is 2. The van der Waals surface area contributed by atoms with E-state index in [1.165, 1.54) is 30.7 Å². The molecule has 0 aliphatic heterocycles. The molecule has 0 heterocycles. The van der Waals surface area contributed by atoms with E-state index in [9.17, 15) is 9.59 Å². The molecule has 5 heteroatoms. The second kappa shape index (κ2) is 7.11. The van der Waals surface area contributed by atoms with Gasteiger partial charge >= 0.3 is 5.97 Å². The number of benzene rings is 1. The molecule has 0 aromatic heterocycles. The molecular weight excluding hydrogens is 270 g/mol. The van der Waals surface area contributed by atoms with Gasteiger partial charge in [0.05, 0.1) is 5.56 Å². The summed E-state index contributed by atoms with van der Waals surface area (Å²) in [4.78, 5) is 25.5. The number of hydrogen-bond acceptors (Lipinski definition) is 4. The van der Waals surface area contributed by atoms with Gasteiger partial charge in [-0.2, -0.15) is 0 Å². The van der Waals surface area contributed by atoms with Crippen LogP contribution in [0.25, 0.3) is 0 Å². The number of phenols is 1. The van der Waals surface area contributed by atoms with Crippen LogP contribution in [0.4, 0.5) is 0 Å². The van der Waals surface area contributed by atoms with Gasteiger partial charge in [-0.15, -0.1) is 0 Å². The van der Waals surface area contributed by atoms with E-state index in [4.69, 9.17) is 9.84 Å². The molecule has 2 rings (SSSR count). The number of nitrogens with zero attached hydrogens (tertiary/aromatic N) is 1. The van der Waals surface area contributed by atoms with Gasteiger partial charge < -0.3 is 14.7 Å². The molecule has 1 amide bonds. The zero-order chi connectivity index (χ0) is 15.2. The lowest BCUT2D eigenvalue weighted by atomic mass is 9.94. The van der Waals surface area contributed by atoms with Crippen molar-refractivity contribution in [1.82, 2.24) is 4.90 Å². The Morgan fingerprint density at radius 1 is 1.19 bits per heavy atom. The van der Waals surface area contributed by atoms with E-state index < -0.39 is 5.97 Å². The Kier molecular flexibility index (Phi) is 5.20. The number of ether oxygens (including phenoxy) is 1. The topological polar surface area (TPSA) is 66.8 Å². The molecule has 5 nitrogen and oxygen atoms in total. The van der Waals surface area contributed by atoms with Crippen LogP contribution in [0.1, 0.15) is 42.5 Å². The van der Waals surface area contributed by atoms with Gasteiger partial charge in [-0.1, -0.05) is 19.3 Å². The van der Waals surface area contributed by atoms with Gasteiger partial charge in [-0.05, 0) is 37.1 Å². The molecular formula is C16H21NO4. The molecule has 1 N–H and O–H groups in total. The first-order valence-electron chi connectivity index (χ1n) is 7.30. The number of aromatic hydroxyl groups is 1. The van der Waals surface area contributed by atoms with Crippen molar-refractivity contribution in [1.29, 1.82) is 0 Å². The molecule has 0 radical (unpaired) electrons. The van der Waals surface area contributed by atoms with Crippen LogP contribution < -0.4 is 0 Å². The summed E-state index contributed by atoms with van der Waals surface area (Å²) in [5.74, 6) is -0.644. The number of esters is 1. The van der Waals surface area contributed by atoms with E-state index in [1.807, 2.05) is 0 Å². The summed E-state index contributed by atoms with van der Waals surface area (Å²) in [5, 5.41) is 9.16. The van der Waals surface area contributed by atoms with E-state index in [-0.39, 0.29) is 24.3 Å². The van der Waals surface area contributed by atoms with Gasteiger partial charge in [-0.25, -0.2) is 4.79 Å². The molecule has 1 aromatic carbocycles. The van der Waals surface area contributed by atoms with Gasteiger partial charge in [0, 0.05) is 13.1 Å². The van der Waals surface area contributed by atoms with Crippen LogP contribution in [-0.2, 0) is 9.53 Å². The maximum absolute atomic E-state index is 12.0. The van der Waals surface area contributed by atoms with E-state index in [0.717, 1.165) is 25.7 Å². The molecule has 0 bridgehead atoms. The van der Waals surface area contributed by atoms with E-state index in [0.29, 0.717) is 5.56 Å². The normalized spacial score (nSPS) is 15.5.